The van der Waals surface area contributed by atoms with Gasteiger partial charge in [-0.2, -0.15) is 0 Å². The van der Waals surface area contributed by atoms with Gasteiger partial charge < -0.3 is 10.5 Å². The second kappa shape index (κ2) is 6.28. The fourth-order valence-electron chi connectivity index (χ4n) is 2.08. The topological polar surface area (TPSA) is 35.2 Å². The van der Waals surface area contributed by atoms with Crippen LogP contribution in [0.2, 0.25) is 0 Å². The van der Waals surface area contributed by atoms with Crippen molar-refractivity contribution in [3.8, 4) is 5.75 Å². The molecule has 0 radical (unpaired) electrons. The molecule has 0 heterocycles. The van der Waals surface area contributed by atoms with Gasteiger partial charge in [-0.15, -0.1) is 0 Å². The zero-order valence-corrected chi connectivity index (χ0v) is 11.6. The summed E-state index contributed by atoms with van der Waals surface area (Å²) in [4.78, 5) is 0. The number of anilines is 1. The summed E-state index contributed by atoms with van der Waals surface area (Å²) >= 11 is 0. The van der Waals surface area contributed by atoms with Crippen molar-refractivity contribution < 1.29 is 4.74 Å². The number of benzene rings is 2. The molecule has 1 unspecified atom stereocenters. The third kappa shape index (κ3) is 3.50. The maximum Gasteiger partial charge on any atom is 0.123 e. The molecule has 2 N–H and O–H groups in total. The number of nitrogen functional groups attached to an aromatic ring is 1. The van der Waals surface area contributed by atoms with E-state index in [9.17, 15) is 0 Å². The maximum absolute atomic E-state index is 5.95. The molecule has 19 heavy (non-hydrogen) atoms. The van der Waals surface area contributed by atoms with E-state index in [2.05, 4.69) is 26.0 Å². The molecule has 1 atom stereocenters. The largest absolute Gasteiger partial charge is 0.489 e. The molecule has 0 aliphatic rings. The Hall–Kier alpha value is -1.96. The van der Waals surface area contributed by atoms with Crippen molar-refractivity contribution in [3.05, 3.63) is 59.7 Å². The van der Waals surface area contributed by atoms with E-state index >= 15 is 0 Å². The predicted molar refractivity (Wildman–Crippen MR) is 80.3 cm³/mol. The monoisotopic (exact) mass is 255 g/mol. The minimum Gasteiger partial charge on any atom is -0.489 e. The van der Waals surface area contributed by atoms with Gasteiger partial charge in [-0.3, -0.25) is 0 Å². The first-order valence-corrected chi connectivity index (χ1v) is 6.77. The van der Waals surface area contributed by atoms with Gasteiger partial charge in [0.1, 0.15) is 12.4 Å². The van der Waals surface area contributed by atoms with E-state index < -0.39 is 0 Å². The lowest BCUT2D eigenvalue weighted by molar-refractivity contribution is 0.301. The van der Waals surface area contributed by atoms with Crippen LogP contribution < -0.4 is 10.5 Å². The van der Waals surface area contributed by atoms with E-state index in [1.54, 1.807) is 0 Å². The molecule has 2 rings (SSSR count). The molecule has 2 heteroatoms. The molecule has 0 bridgehead atoms. The van der Waals surface area contributed by atoms with Crippen molar-refractivity contribution >= 4 is 5.69 Å². The molecular weight excluding hydrogens is 234 g/mol. The summed E-state index contributed by atoms with van der Waals surface area (Å²) in [5.74, 6) is 1.48. The van der Waals surface area contributed by atoms with Gasteiger partial charge in [0.25, 0.3) is 0 Å². The molecule has 2 aromatic rings. The van der Waals surface area contributed by atoms with Gasteiger partial charge in [0.2, 0.25) is 0 Å². The van der Waals surface area contributed by atoms with Crippen molar-refractivity contribution in [2.45, 2.75) is 32.8 Å². The molecule has 0 amide bonds. The van der Waals surface area contributed by atoms with Gasteiger partial charge in [-0.25, -0.2) is 0 Å². The molecular formula is C17H21NO. The number of para-hydroxylation sites is 1. The molecule has 0 aromatic heterocycles. The first kappa shape index (κ1) is 13.5. The number of nitrogens with two attached hydrogens (primary N) is 1. The summed E-state index contributed by atoms with van der Waals surface area (Å²) in [6, 6.07) is 16.1. The highest BCUT2D eigenvalue weighted by Gasteiger charge is 2.09. The highest BCUT2D eigenvalue weighted by molar-refractivity contribution is 5.41. The highest BCUT2D eigenvalue weighted by Crippen LogP contribution is 2.29. The number of hydrogen-bond donors (Lipinski definition) is 1. The van der Waals surface area contributed by atoms with Crippen LogP contribution in [0.4, 0.5) is 5.69 Å². The summed E-state index contributed by atoms with van der Waals surface area (Å²) < 4.78 is 5.95. The number of rotatable bonds is 5. The lowest BCUT2D eigenvalue weighted by atomic mass is 9.98. The molecule has 2 aromatic carbocycles. The Morgan fingerprint density at radius 1 is 1.11 bits per heavy atom. The average Bonchev–Trinajstić information content (AvgIpc) is 2.45. The normalized spacial score (nSPS) is 12.1. The zero-order chi connectivity index (χ0) is 13.7. The predicted octanol–water partition coefficient (Wildman–Crippen LogP) is 4.36. The van der Waals surface area contributed by atoms with E-state index in [0.717, 1.165) is 23.4 Å². The minimum absolute atomic E-state index is 0.511. The fraction of sp³-hybridized carbons (Fsp3) is 0.294. The van der Waals surface area contributed by atoms with Crippen LogP contribution in [-0.2, 0) is 6.61 Å². The van der Waals surface area contributed by atoms with Gasteiger partial charge in [-0.1, -0.05) is 44.2 Å². The second-order valence-corrected chi connectivity index (χ2v) is 4.88. The lowest BCUT2D eigenvalue weighted by Gasteiger charge is -2.15. The standard InChI is InChI=1S/C17H21NO/c1-3-13(2)16-9-4-5-10-17(16)19-12-14-7-6-8-15(18)11-14/h4-11,13H,3,12,18H2,1-2H3. The molecule has 2 nitrogen and oxygen atoms in total. The minimum atomic E-state index is 0.511. The van der Waals surface area contributed by atoms with E-state index in [1.165, 1.54) is 5.56 Å². The van der Waals surface area contributed by atoms with Gasteiger partial charge in [-0.05, 0) is 41.7 Å². The van der Waals surface area contributed by atoms with Crippen LogP contribution in [0, 0.1) is 0 Å². The summed E-state index contributed by atoms with van der Waals surface area (Å²) in [6.45, 7) is 4.97. The van der Waals surface area contributed by atoms with Crippen LogP contribution >= 0.6 is 0 Å². The summed E-state index contributed by atoms with van der Waals surface area (Å²) in [6.07, 6.45) is 1.11. The van der Waals surface area contributed by atoms with Crippen LogP contribution in [0.25, 0.3) is 0 Å². The van der Waals surface area contributed by atoms with Gasteiger partial charge >= 0.3 is 0 Å². The van der Waals surface area contributed by atoms with Gasteiger partial charge in [0.05, 0.1) is 0 Å². The smallest absolute Gasteiger partial charge is 0.123 e. The summed E-state index contributed by atoms with van der Waals surface area (Å²) in [7, 11) is 0. The average molecular weight is 255 g/mol. The van der Waals surface area contributed by atoms with Crippen LogP contribution in [0.5, 0.6) is 5.75 Å². The van der Waals surface area contributed by atoms with Gasteiger partial charge in [0.15, 0.2) is 0 Å². The van der Waals surface area contributed by atoms with E-state index in [0.29, 0.717) is 12.5 Å². The van der Waals surface area contributed by atoms with Crippen molar-refractivity contribution in [2.24, 2.45) is 0 Å². The zero-order valence-electron chi connectivity index (χ0n) is 11.6. The lowest BCUT2D eigenvalue weighted by Crippen LogP contribution is -2.01. The molecule has 0 saturated carbocycles. The Bertz CT molecular complexity index is 536. The first-order chi connectivity index (χ1) is 9.20. The van der Waals surface area contributed by atoms with Crippen LogP contribution in [0.15, 0.2) is 48.5 Å². The third-order valence-corrected chi connectivity index (χ3v) is 3.41. The fourth-order valence-corrected chi connectivity index (χ4v) is 2.08. The van der Waals surface area contributed by atoms with Gasteiger partial charge in [0, 0.05) is 5.69 Å². The summed E-state index contributed by atoms with van der Waals surface area (Å²) in [5.41, 5.74) is 8.91. The Morgan fingerprint density at radius 3 is 2.63 bits per heavy atom. The quantitative estimate of drug-likeness (QED) is 0.806. The van der Waals surface area contributed by atoms with Crippen molar-refractivity contribution in [1.29, 1.82) is 0 Å². The third-order valence-electron chi connectivity index (χ3n) is 3.41. The Morgan fingerprint density at radius 2 is 1.89 bits per heavy atom. The molecule has 0 spiro atoms. The van der Waals surface area contributed by atoms with E-state index in [4.69, 9.17) is 10.5 Å². The molecule has 0 fully saturated rings. The van der Waals surface area contributed by atoms with Crippen LogP contribution in [0.3, 0.4) is 0 Å². The van der Waals surface area contributed by atoms with Crippen molar-refractivity contribution in [1.82, 2.24) is 0 Å². The molecule has 0 aliphatic carbocycles. The Labute approximate surface area is 115 Å². The highest BCUT2D eigenvalue weighted by atomic mass is 16.5. The van der Waals surface area contributed by atoms with Crippen molar-refractivity contribution in [2.75, 3.05) is 5.73 Å². The Kier molecular flexibility index (Phi) is 4.45. The number of hydrogen-bond acceptors (Lipinski definition) is 2. The number of ether oxygens (including phenoxy) is 1. The first-order valence-electron chi connectivity index (χ1n) is 6.77. The van der Waals surface area contributed by atoms with Crippen molar-refractivity contribution in [3.63, 3.8) is 0 Å². The molecule has 100 valence electrons. The summed E-state index contributed by atoms with van der Waals surface area (Å²) in [5, 5.41) is 0. The van der Waals surface area contributed by atoms with E-state index in [-0.39, 0.29) is 0 Å². The molecule has 0 saturated heterocycles. The maximum atomic E-state index is 5.95. The van der Waals surface area contributed by atoms with E-state index in [1.807, 2.05) is 36.4 Å². The van der Waals surface area contributed by atoms with Crippen LogP contribution in [0.1, 0.15) is 37.3 Å². The second-order valence-electron chi connectivity index (χ2n) is 4.88. The molecule has 0 aliphatic heterocycles. The Balaban J connectivity index is 2.11. The van der Waals surface area contributed by atoms with Crippen LogP contribution in [-0.4, -0.2) is 0 Å². The SMILES string of the molecule is CCC(C)c1ccccc1OCc1cccc(N)c1.